The molecule has 0 unspecified atom stereocenters. The first-order valence-corrected chi connectivity index (χ1v) is 5.45. The minimum atomic E-state index is 0.0817. The minimum absolute atomic E-state index is 0.0817. The Labute approximate surface area is 109 Å². The Bertz CT molecular complexity index is 636. The minimum Gasteiger partial charge on any atom is -0.423 e. The molecule has 0 radical (unpaired) electrons. The number of aryl methyl sites for hydroxylation is 1. The van der Waals surface area contributed by atoms with E-state index in [1.807, 2.05) is 6.07 Å². The summed E-state index contributed by atoms with van der Waals surface area (Å²) < 4.78 is 5.43. The molecule has 0 amide bonds. The van der Waals surface area contributed by atoms with E-state index in [0.29, 0.717) is 22.2 Å². The molecule has 0 saturated heterocycles. The summed E-state index contributed by atoms with van der Waals surface area (Å²) in [6.45, 7) is 1.75. The van der Waals surface area contributed by atoms with Crippen LogP contribution >= 0.6 is 11.6 Å². The predicted molar refractivity (Wildman–Crippen MR) is 67.4 cm³/mol. The molecule has 1 heterocycles. The summed E-state index contributed by atoms with van der Waals surface area (Å²) in [4.78, 5) is 7.99. The van der Waals surface area contributed by atoms with Gasteiger partial charge in [0, 0.05) is 11.4 Å². The Morgan fingerprint density at radius 2 is 2.11 bits per heavy atom. The van der Waals surface area contributed by atoms with Gasteiger partial charge in [0.05, 0.1) is 5.02 Å². The molecule has 0 saturated carbocycles. The van der Waals surface area contributed by atoms with Crippen LogP contribution in [0.3, 0.4) is 0 Å². The molecule has 0 atom stereocenters. The monoisotopic (exact) mass is 260 g/mol. The quantitative estimate of drug-likeness (QED) is 0.839. The first-order chi connectivity index (χ1) is 8.58. The maximum Gasteiger partial charge on any atom is 0.323 e. The van der Waals surface area contributed by atoms with Gasteiger partial charge in [0.15, 0.2) is 0 Å². The van der Waals surface area contributed by atoms with Crippen LogP contribution in [-0.2, 0) is 0 Å². The zero-order valence-corrected chi connectivity index (χ0v) is 10.3. The van der Waals surface area contributed by atoms with Gasteiger partial charge in [-0.15, -0.1) is 0 Å². The van der Waals surface area contributed by atoms with E-state index in [4.69, 9.17) is 27.3 Å². The van der Waals surface area contributed by atoms with Crippen LogP contribution in [0.25, 0.3) is 0 Å². The second-order valence-electron chi connectivity index (χ2n) is 3.58. The van der Waals surface area contributed by atoms with Crippen LogP contribution < -0.4 is 10.5 Å². The molecule has 0 aliphatic carbocycles. The molecule has 18 heavy (non-hydrogen) atoms. The zero-order chi connectivity index (χ0) is 13.1. The second kappa shape index (κ2) is 4.90. The number of halogens is 1. The highest BCUT2D eigenvalue weighted by molar-refractivity contribution is 6.32. The van der Waals surface area contributed by atoms with Crippen molar-refractivity contribution in [3.8, 4) is 17.8 Å². The number of nitrogen functional groups attached to an aromatic ring is 1. The summed E-state index contributed by atoms with van der Waals surface area (Å²) in [6.07, 6.45) is 0. The van der Waals surface area contributed by atoms with Crippen LogP contribution in [-0.4, -0.2) is 9.97 Å². The molecule has 0 aliphatic rings. The van der Waals surface area contributed by atoms with Crippen molar-refractivity contribution in [3.63, 3.8) is 0 Å². The molecule has 0 bridgehead atoms. The molecule has 6 heteroatoms. The zero-order valence-electron chi connectivity index (χ0n) is 9.51. The Morgan fingerprint density at radius 3 is 2.78 bits per heavy atom. The molecule has 5 nitrogen and oxygen atoms in total. The fourth-order valence-electron chi connectivity index (χ4n) is 1.34. The van der Waals surface area contributed by atoms with Crippen molar-refractivity contribution in [2.24, 2.45) is 0 Å². The maximum atomic E-state index is 8.81. The third-order valence-electron chi connectivity index (χ3n) is 2.11. The van der Waals surface area contributed by atoms with Gasteiger partial charge in [0.1, 0.15) is 17.5 Å². The van der Waals surface area contributed by atoms with E-state index >= 15 is 0 Å². The van der Waals surface area contributed by atoms with Crippen molar-refractivity contribution in [2.75, 3.05) is 5.73 Å². The van der Waals surface area contributed by atoms with Gasteiger partial charge in [0.25, 0.3) is 0 Å². The number of aromatic nitrogens is 2. The first-order valence-electron chi connectivity index (χ1n) is 5.07. The van der Waals surface area contributed by atoms with Crippen LogP contribution in [0.15, 0.2) is 24.3 Å². The van der Waals surface area contributed by atoms with Gasteiger partial charge in [-0.1, -0.05) is 11.6 Å². The molecule has 0 aliphatic heterocycles. The smallest absolute Gasteiger partial charge is 0.323 e. The van der Waals surface area contributed by atoms with E-state index < -0.39 is 0 Å². The maximum absolute atomic E-state index is 8.81. The van der Waals surface area contributed by atoms with Crippen LogP contribution in [0, 0.1) is 18.3 Å². The normalized spacial score (nSPS) is 9.83. The van der Waals surface area contributed by atoms with Gasteiger partial charge in [-0.25, -0.2) is 4.98 Å². The van der Waals surface area contributed by atoms with E-state index in [1.54, 1.807) is 31.2 Å². The van der Waals surface area contributed by atoms with Crippen molar-refractivity contribution < 1.29 is 4.74 Å². The lowest BCUT2D eigenvalue weighted by atomic mass is 10.3. The highest BCUT2D eigenvalue weighted by atomic mass is 35.5. The number of anilines is 1. The molecule has 2 N–H and O–H groups in total. The lowest BCUT2D eigenvalue weighted by molar-refractivity contribution is 0.440. The molecular formula is C12H9ClN4O. The fourth-order valence-corrected chi connectivity index (χ4v) is 1.57. The largest absolute Gasteiger partial charge is 0.423 e. The van der Waals surface area contributed by atoms with Gasteiger partial charge < -0.3 is 10.5 Å². The topological polar surface area (TPSA) is 84.8 Å². The molecule has 0 fully saturated rings. The van der Waals surface area contributed by atoms with Crippen molar-refractivity contribution in [1.29, 1.82) is 5.26 Å². The average Bonchev–Trinajstić information content (AvgIpc) is 2.32. The van der Waals surface area contributed by atoms with E-state index in [0.717, 1.165) is 0 Å². The summed E-state index contributed by atoms with van der Waals surface area (Å²) in [7, 11) is 0. The number of rotatable bonds is 2. The molecular weight excluding hydrogens is 252 g/mol. The van der Waals surface area contributed by atoms with Crippen LogP contribution in [0.1, 0.15) is 11.4 Å². The standard InChI is InChI=1S/C12H9ClN4O/c1-7-4-9(6-14)17-12(16-7)18-11-3-2-8(15)5-10(11)13/h2-5H,15H2,1H3. The Hall–Kier alpha value is -2.32. The van der Waals surface area contributed by atoms with Gasteiger partial charge in [0.2, 0.25) is 0 Å². The summed E-state index contributed by atoms with van der Waals surface area (Å²) in [6, 6.07) is 8.42. The number of nitrogens with zero attached hydrogens (tertiary/aromatic N) is 3. The van der Waals surface area contributed by atoms with E-state index in [1.165, 1.54) is 0 Å². The summed E-state index contributed by atoms with van der Waals surface area (Å²) in [5, 5.41) is 9.16. The number of hydrogen-bond acceptors (Lipinski definition) is 5. The predicted octanol–water partition coefficient (Wildman–Crippen LogP) is 2.68. The number of hydrogen-bond donors (Lipinski definition) is 1. The third-order valence-corrected chi connectivity index (χ3v) is 2.40. The van der Waals surface area contributed by atoms with Gasteiger partial charge in [-0.05, 0) is 31.2 Å². The molecule has 90 valence electrons. The fraction of sp³-hybridized carbons (Fsp3) is 0.0833. The first kappa shape index (κ1) is 12.1. The van der Waals surface area contributed by atoms with Gasteiger partial charge >= 0.3 is 6.01 Å². The van der Waals surface area contributed by atoms with Crippen molar-refractivity contribution in [2.45, 2.75) is 6.92 Å². The molecule has 2 rings (SSSR count). The molecule has 0 spiro atoms. The van der Waals surface area contributed by atoms with Crippen molar-refractivity contribution in [3.05, 3.63) is 40.7 Å². The Kier molecular flexibility index (Phi) is 3.31. The van der Waals surface area contributed by atoms with Gasteiger partial charge in [-0.2, -0.15) is 10.2 Å². The van der Waals surface area contributed by atoms with E-state index in [9.17, 15) is 0 Å². The van der Waals surface area contributed by atoms with Gasteiger partial charge in [-0.3, -0.25) is 0 Å². The SMILES string of the molecule is Cc1cc(C#N)nc(Oc2ccc(N)cc2Cl)n1. The van der Waals surface area contributed by atoms with Crippen LogP contribution in [0.4, 0.5) is 5.69 Å². The van der Waals surface area contributed by atoms with Crippen LogP contribution in [0.2, 0.25) is 5.02 Å². The molecule has 2 aromatic rings. The number of nitrogens with two attached hydrogens (primary N) is 1. The lowest BCUT2D eigenvalue weighted by Gasteiger charge is -2.07. The Morgan fingerprint density at radius 1 is 1.33 bits per heavy atom. The number of nitriles is 1. The summed E-state index contributed by atoms with van der Waals surface area (Å²) >= 11 is 5.97. The average molecular weight is 261 g/mol. The molecule has 1 aromatic carbocycles. The number of benzene rings is 1. The highest BCUT2D eigenvalue weighted by Gasteiger charge is 2.07. The Balaban J connectivity index is 2.34. The van der Waals surface area contributed by atoms with E-state index in [-0.39, 0.29) is 11.7 Å². The van der Waals surface area contributed by atoms with Crippen molar-refractivity contribution >= 4 is 17.3 Å². The summed E-state index contributed by atoms with van der Waals surface area (Å²) in [5.74, 6) is 0.389. The molecule has 1 aromatic heterocycles. The van der Waals surface area contributed by atoms with Crippen LogP contribution in [0.5, 0.6) is 11.8 Å². The lowest BCUT2D eigenvalue weighted by Crippen LogP contribution is -1.97. The third kappa shape index (κ3) is 2.67. The second-order valence-corrected chi connectivity index (χ2v) is 3.99. The summed E-state index contributed by atoms with van der Waals surface area (Å²) in [5.41, 5.74) is 7.00. The van der Waals surface area contributed by atoms with Crippen molar-refractivity contribution in [1.82, 2.24) is 9.97 Å². The van der Waals surface area contributed by atoms with E-state index in [2.05, 4.69) is 9.97 Å². The highest BCUT2D eigenvalue weighted by Crippen LogP contribution is 2.29. The number of ether oxygens (including phenoxy) is 1.